The number of rotatable bonds is 6. The zero-order valence-electron chi connectivity index (χ0n) is 13.3. The molecule has 3 nitrogen and oxygen atoms in total. The average Bonchev–Trinajstić information content (AvgIpc) is 2.36. The first-order valence-electron chi connectivity index (χ1n) is 7.63. The minimum absolute atomic E-state index is 0.316. The van der Waals surface area contributed by atoms with E-state index in [0.29, 0.717) is 24.4 Å². The van der Waals surface area contributed by atoms with Crippen molar-refractivity contribution >= 4 is 5.91 Å². The second kappa shape index (κ2) is 7.68. The molecule has 0 saturated heterocycles. The van der Waals surface area contributed by atoms with Gasteiger partial charge in [0.2, 0.25) is 5.91 Å². The predicted octanol–water partition coefficient (Wildman–Crippen LogP) is 3.11. The molecule has 1 aliphatic heterocycles. The molecular formula is C16H30N2O. The monoisotopic (exact) mass is 266 g/mol. The van der Waals surface area contributed by atoms with Gasteiger partial charge in [-0.05, 0) is 33.1 Å². The van der Waals surface area contributed by atoms with Gasteiger partial charge in [-0.1, -0.05) is 31.9 Å². The fourth-order valence-corrected chi connectivity index (χ4v) is 2.56. The number of hydrogen-bond donors (Lipinski definition) is 1. The molecular weight excluding hydrogens is 236 g/mol. The topological polar surface area (TPSA) is 32.3 Å². The third-order valence-corrected chi connectivity index (χ3v) is 4.03. The molecule has 1 aliphatic rings. The lowest BCUT2D eigenvalue weighted by atomic mass is 10.0. The average molecular weight is 266 g/mol. The summed E-state index contributed by atoms with van der Waals surface area (Å²) in [5.41, 5.74) is 2.82. The van der Waals surface area contributed by atoms with E-state index in [1.54, 1.807) is 0 Å². The van der Waals surface area contributed by atoms with Gasteiger partial charge in [0.15, 0.2) is 0 Å². The SMILES string of the molecule is CCC(CCC(=O)N1CCC(C)=C(C)C1)NC(C)C. The van der Waals surface area contributed by atoms with E-state index < -0.39 is 0 Å². The van der Waals surface area contributed by atoms with Crippen molar-refractivity contribution in [2.24, 2.45) is 0 Å². The number of carbonyl (C=O) groups excluding carboxylic acids is 1. The molecule has 0 spiro atoms. The van der Waals surface area contributed by atoms with Crippen molar-refractivity contribution in [1.82, 2.24) is 10.2 Å². The van der Waals surface area contributed by atoms with E-state index in [-0.39, 0.29) is 0 Å². The number of carbonyl (C=O) groups is 1. The van der Waals surface area contributed by atoms with Crippen LogP contribution >= 0.6 is 0 Å². The summed E-state index contributed by atoms with van der Waals surface area (Å²) in [5, 5.41) is 3.52. The molecule has 0 aromatic carbocycles. The van der Waals surface area contributed by atoms with Gasteiger partial charge < -0.3 is 10.2 Å². The number of hydrogen-bond acceptors (Lipinski definition) is 2. The summed E-state index contributed by atoms with van der Waals surface area (Å²) in [6.45, 7) is 12.6. The third-order valence-electron chi connectivity index (χ3n) is 4.03. The molecule has 0 aromatic heterocycles. The molecule has 0 radical (unpaired) electrons. The third kappa shape index (κ3) is 5.35. The Labute approximate surface area is 118 Å². The maximum absolute atomic E-state index is 12.2. The van der Waals surface area contributed by atoms with Crippen LogP contribution in [0.15, 0.2) is 11.1 Å². The van der Waals surface area contributed by atoms with Crippen LogP contribution in [-0.2, 0) is 4.79 Å². The van der Waals surface area contributed by atoms with Gasteiger partial charge in [0.25, 0.3) is 0 Å². The molecule has 1 N–H and O–H groups in total. The van der Waals surface area contributed by atoms with Crippen LogP contribution in [0.25, 0.3) is 0 Å². The molecule has 19 heavy (non-hydrogen) atoms. The zero-order valence-corrected chi connectivity index (χ0v) is 13.3. The number of nitrogens with zero attached hydrogens (tertiary/aromatic N) is 1. The Hall–Kier alpha value is -0.830. The Balaban J connectivity index is 2.39. The Morgan fingerprint density at radius 3 is 2.53 bits per heavy atom. The standard InChI is InChI=1S/C16H30N2O/c1-6-15(17-12(2)3)7-8-16(19)18-10-9-13(4)14(5)11-18/h12,15,17H,6-11H2,1-5H3. The summed E-state index contributed by atoms with van der Waals surface area (Å²) in [7, 11) is 0. The minimum atomic E-state index is 0.316. The lowest BCUT2D eigenvalue weighted by Crippen LogP contribution is -2.39. The summed E-state index contributed by atoms with van der Waals surface area (Å²) < 4.78 is 0. The normalized spacial score (nSPS) is 18.1. The van der Waals surface area contributed by atoms with Crippen molar-refractivity contribution in [2.75, 3.05) is 13.1 Å². The number of amides is 1. The molecule has 1 unspecified atom stereocenters. The van der Waals surface area contributed by atoms with Crippen LogP contribution in [0.3, 0.4) is 0 Å². The molecule has 3 heteroatoms. The van der Waals surface area contributed by atoms with Gasteiger partial charge in [0, 0.05) is 31.6 Å². The summed E-state index contributed by atoms with van der Waals surface area (Å²) in [5.74, 6) is 0.316. The molecule has 1 heterocycles. The van der Waals surface area contributed by atoms with E-state index in [9.17, 15) is 4.79 Å². The Morgan fingerprint density at radius 1 is 1.32 bits per heavy atom. The van der Waals surface area contributed by atoms with Crippen LogP contribution in [0.5, 0.6) is 0 Å². The summed E-state index contributed by atoms with van der Waals surface area (Å²) >= 11 is 0. The van der Waals surface area contributed by atoms with Gasteiger partial charge in [0.1, 0.15) is 0 Å². The second-order valence-electron chi connectivity index (χ2n) is 6.09. The smallest absolute Gasteiger partial charge is 0.222 e. The lowest BCUT2D eigenvalue weighted by molar-refractivity contribution is -0.131. The van der Waals surface area contributed by atoms with Crippen LogP contribution in [-0.4, -0.2) is 36.0 Å². The highest BCUT2D eigenvalue weighted by atomic mass is 16.2. The van der Waals surface area contributed by atoms with E-state index >= 15 is 0 Å². The zero-order chi connectivity index (χ0) is 14.4. The second-order valence-corrected chi connectivity index (χ2v) is 6.09. The molecule has 1 rings (SSSR count). The Kier molecular flexibility index (Phi) is 6.56. The highest BCUT2D eigenvalue weighted by Gasteiger charge is 2.19. The molecule has 110 valence electrons. The molecule has 1 atom stereocenters. The van der Waals surface area contributed by atoms with Gasteiger partial charge in [-0.25, -0.2) is 0 Å². The van der Waals surface area contributed by atoms with E-state index in [1.807, 2.05) is 4.90 Å². The summed E-state index contributed by atoms with van der Waals surface area (Å²) in [6, 6.07) is 0.954. The first kappa shape index (κ1) is 16.2. The van der Waals surface area contributed by atoms with Crippen molar-refractivity contribution in [3.8, 4) is 0 Å². The molecule has 0 aliphatic carbocycles. The van der Waals surface area contributed by atoms with Crippen LogP contribution in [0.4, 0.5) is 0 Å². The van der Waals surface area contributed by atoms with Gasteiger partial charge in [-0.15, -0.1) is 0 Å². The van der Waals surface area contributed by atoms with E-state index in [4.69, 9.17) is 0 Å². The fourth-order valence-electron chi connectivity index (χ4n) is 2.56. The van der Waals surface area contributed by atoms with Gasteiger partial charge >= 0.3 is 0 Å². The van der Waals surface area contributed by atoms with E-state index in [1.165, 1.54) is 11.1 Å². The highest BCUT2D eigenvalue weighted by Crippen LogP contribution is 2.18. The van der Waals surface area contributed by atoms with Gasteiger partial charge in [0.05, 0.1) is 0 Å². The maximum atomic E-state index is 12.2. The van der Waals surface area contributed by atoms with Crippen LogP contribution in [0, 0.1) is 0 Å². The fraction of sp³-hybridized carbons (Fsp3) is 0.812. The van der Waals surface area contributed by atoms with Crippen molar-refractivity contribution in [2.45, 2.75) is 72.4 Å². The van der Waals surface area contributed by atoms with E-state index in [2.05, 4.69) is 39.9 Å². The van der Waals surface area contributed by atoms with Crippen molar-refractivity contribution in [3.05, 3.63) is 11.1 Å². The molecule has 0 saturated carbocycles. The molecule has 1 amide bonds. The van der Waals surface area contributed by atoms with Crippen molar-refractivity contribution in [1.29, 1.82) is 0 Å². The Bertz CT molecular complexity index is 334. The molecule has 0 fully saturated rings. The Morgan fingerprint density at radius 2 is 2.00 bits per heavy atom. The van der Waals surface area contributed by atoms with Gasteiger partial charge in [-0.3, -0.25) is 4.79 Å². The van der Waals surface area contributed by atoms with Gasteiger partial charge in [-0.2, -0.15) is 0 Å². The van der Waals surface area contributed by atoms with Crippen LogP contribution < -0.4 is 5.32 Å². The van der Waals surface area contributed by atoms with Crippen LogP contribution in [0.2, 0.25) is 0 Å². The highest BCUT2D eigenvalue weighted by molar-refractivity contribution is 5.76. The van der Waals surface area contributed by atoms with Crippen molar-refractivity contribution < 1.29 is 4.79 Å². The maximum Gasteiger partial charge on any atom is 0.222 e. The summed E-state index contributed by atoms with van der Waals surface area (Å²) in [6.07, 6.45) is 3.75. The first-order chi connectivity index (χ1) is 8.93. The molecule has 0 aromatic rings. The van der Waals surface area contributed by atoms with Crippen LogP contribution in [0.1, 0.15) is 60.3 Å². The minimum Gasteiger partial charge on any atom is -0.338 e. The number of nitrogens with one attached hydrogen (secondary N) is 1. The lowest BCUT2D eigenvalue weighted by Gasteiger charge is -2.29. The molecule has 0 bridgehead atoms. The van der Waals surface area contributed by atoms with E-state index in [0.717, 1.165) is 32.4 Å². The predicted molar refractivity (Wildman–Crippen MR) is 81.2 cm³/mol. The summed E-state index contributed by atoms with van der Waals surface area (Å²) in [4.78, 5) is 14.3. The van der Waals surface area contributed by atoms with Crippen molar-refractivity contribution in [3.63, 3.8) is 0 Å². The first-order valence-corrected chi connectivity index (χ1v) is 7.63. The largest absolute Gasteiger partial charge is 0.338 e. The quantitative estimate of drug-likeness (QED) is 0.749.